The molecule has 0 aromatic carbocycles. The third-order valence-corrected chi connectivity index (χ3v) is 6.39. The Kier molecular flexibility index (Phi) is 4.44. The lowest BCUT2D eigenvalue weighted by Crippen LogP contribution is -2.51. The van der Waals surface area contributed by atoms with Crippen molar-refractivity contribution in [2.75, 3.05) is 6.54 Å². The summed E-state index contributed by atoms with van der Waals surface area (Å²) >= 11 is 6.11. The van der Waals surface area contributed by atoms with Crippen molar-refractivity contribution in [2.45, 2.75) is 50.1 Å². The molecule has 2 atom stereocenters. The molecule has 0 radical (unpaired) electrons. The van der Waals surface area contributed by atoms with E-state index >= 15 is 0 Å². The maximum absolute atomic E-state index is 12.9. The van der Waals surface area contributed by atoms with E-state index < -0.39 is 10.0 Å². The van der Waals surface area contributed by atoms with E-state index in [2.05, 4.69) is 5.10 Å². The Hall–Kier alpha value is -0.630. The van der Waals surface area contributed by atoms with Gasteiger partial charge in [-0.2, -0.15) is 9.40 Å². The average Bonchev–Trinajstić information content (AvgIpc) is 2.63. The zero-order valence-corrected chi connectivity index (χ0v) is 13.6. The second-order valence-electron chi connectivity index (χ2n) is 5.37. The summed E-state index contributed by atoms with van der Waals surface area (Å²) in [4.78, 5) is 0.106. The maximum atomic E-state index is 12.9. The number of halogens is 1. The fourth-order valence-corrected chi connectivity index (χ4v) is 5.26. The molecule has 0 spiro atoms. The Morgan fingerprint density at radius 2 is 2.10 bits per heavy atom. The Balaban J connectivity index is 2.48. The van der Waals surface area contributed by atoms with Gasteiger partial charge in [0.15, 0.2) is 0 Å². The molecule has 1 saturated heterocycles. The van der Waals surface area contributed by atoms with Crippen LogP contribution in [0.2, 0.25) is 5.15 Å². The normalized spacial score (nSPS) is 22.9. The first kappa shape index (κ1) is 15.8. The van der Waals surface area contributed by atoms with Gasteiger partial charge in [-0.3, -0.25) is 4.68 Å². The maximum Gasteiger partial charge on any atom is 0.248 e. The lowest BCUT2D eigenvalue weighted by Gasteiger charge is -2.36. The van der Waals surface area contributed by atoms with Gasteiger partial charge < -0.3 is 5.73 Å². The summed E-state index contributed by atoms with van der Waals surface area (Å²) in [5, 5.41) is 4.24. The van der Waals surface area contributed by atoms with Crippen LogP contribution in [0.15, 0.2) is 4.90 Å². The summed E-state index contributed by atoms with van der Waals surface area (Å²) in [7, 11) is -2.03. The topological polar surface area (TPSA) is 81.2 Å². The molecular weight excluding hydrogens is 300 g/mol. The monoisotopic (exact) mass is 320 g/mol. The molecular formula is C12H21ClN4O2S. The molecule has 1 aliphatic rings. The lowest BCUT2D eigenvalue weighted by atomic mass is 10.00. The van der Waals surface area contributed by atoms with Crippen molar-refractivity contribution >= 4 is 21.6 Å². The number of nitrogens with zero attached hydrogens (tertiary/aromatic N) is 3. The quantitative estimate of drug-likeness (QED) is 0.909. The van der Waals surface area contributed by atoms with Crippen molar-refractivity contribution < 1.29 is 8.42 Å². The number of aryl methyl sites for hydroxylation is 2. The van der Waals surface area contributed by atoms with Gasteiger partial charge in [-0.25, -0.2) is 8.42 Å². The van der Waals surface area contributed by atoms with Crippen LogP contribution in [0, 0.1) is 6.92 Å². The third kappa shape index (κ3) is 2.59. The van der Waals surface area contributed by atoms with Crippen LogP contribution in [0.5, 0.6) is 0 Å². The number of rotatable bonds is 3. The molecule has 114 valence electrons. The molecule has 2 heterocycles. The van der Waals surface area contributed by atoms with E-state index in [0.29, 0.717) is 12.2 Å². The van der Waals surface area contributed by atoms with Gasteiger partial charge in [-0.05, 0) is 26.7 Å². The van der Waals surface area contributed by atoms with Crippen molar-refractivity contribution in [1.29, 1.82) is 0 Å². The molecule has 0 aliphatic carbocycles. The number of hydrogen-bond donors (Lipinski definition) is 1. The molecule has 6 nitrogen and oxygen atoms in total. The van der Waals surface area contributed by atoms with Crippen LogP contribution in [-0.4, -0.2) is 41.1 Å². The number of hydrogen-bond acceptors (Lipinski definition) is 4. The molecule has 0 amide bonds. The van der Waals surface area contributed by atoms with Gasteiger partial charge in [0, 0.05) is 25.7 Å². The van der Waals surface area contributed by atoms with Crippen molar-refractivity contribution in [3.8, 4) is 0 Å². The molecule has 1 aromatic rings. The lowest BCUT2D eigenvalue weighted by molar-refractivity contribution is 0.227. The van der Waals surface area contributed by atoms with Gasteiger partial charge in [0.05, 0.1) is 5.69 Å². The summed E-state index contributed by atoms with van der Waals surface area (Å²) in [6.45, 7) is 3.99. The van der Waals surface area contributed by atoms with Crippen molar-refractivity contribution in [3.05, 3.63) is 10.8 Å². The average molecular weight is 321 g/mol. The first-order chi connectivity index (χ1) is 9.26. The van der Waals surface area contributed by atoms with Crippen LogP contribution in [0.1, 0.15) is 31.9 Å². The molecule has 1 aromatic heterocycles. The second-order valence-corrected chi connectivity index (χ2v) is 7.55. The van der Waals surface area contributed by atoms with E-state index in [1.165, 1.54) is 8.99 Å². The fourth-order valence-electron chi connectivity index (χ4n) is 2.78. The van der Waals surface area contributed by atoms with Gasteiger partial charge in [0.25, 0.3) is 0 Å². The predicted molar refractivity (Wildman–Crippen MR) is 78.1 cm³/mol. The minimum atomic E-state index is -3.66. The molecule has 1 fully saturated rings. The van der Waals surface area contributed by atoms with Crippen LogP contribution in [0.25, 0.3) is 0 Å². The SMILES string of the molecule is Cc1nn(C)c(Cl)c1S(=O)(=O)N1CCCC[C@@H]1[C@@H](C)N. The molecule has 0 unspecified atom stereocenters. The highest BCUT2D eigenvalue weighted by atomic mass is 35.5. The largest absolute Gasteiger partial charge is 0.326 e. The molecule has 8 heteroatoms. The second kappa shape index (κ2) is 5.63. The highest BCUT2D eigenvalue weighted by Gasteiger charge is 2.38. The fraction of sp³-hybridized carbons (Fsp3) is 0.750. The van der Waals surface area contributed by atoms with Gasteiger partial charge in [0.2, 0.25) is 10.0 Å². The Labute approximate surface area is 124 Å². The van der Waals surface area contributed by atoms with E-state index in [0.717, 1.165) is 19.3 Å². The third-order valence-electron chi connectivity index (χ3n) is 3.77. The first-order valence-corrected chi connectivity index (χ1v) is 8.55. The van der Waals surface area contributed by atoms with E-state index in [-0.39, 0.29) is 22.1 Å². The van der Waals surface area contributed by atoms with Crippen LogP contribution in [-0.2, 0) is 17.1 Å². The Morgan fingerprint density at radius 1 is 1.45 bits per heavy atom. The summed E-state index contributed by atoms with van der Waals surface area (Å²) in [6, 6.07) is -0.384. The molecule has 0 saturated carbocycles. The molecule has 1 aliphatic heterocycles. The number of nitrogens with two attached hydrogens (primary N) is 1. The van der Waals surface area contributed by atoms with Crippen molar-refractivity contribution in [2.24, 2.45) is 12.8 Å². The van der Waals surface area contributed by atoms with Crippen LogP contribution in [0.3, 0.4) is 0 Å². The Bertz CT molecular complexity index is 597. The van der Waals surface area contributed by atoms with E-state index in [1.54, 1.807) is 14.0 Å². The van der Waals surface area contributed by atoms with E-state index in [9.17, 15) is 8.42 Å². The highest BCUT2D eigenvalue weighted by Crippen LogP contribution is 2.32. The number of piperidine rings is 1. The van der Waals surface area contributed by atoms with Gasteiger partial charge in [0.1, 0.15) is 10.0 Å². The van der Waals surface area contributed by atoms with Gasteiger partial charge in [-0.1, -0.05) is 18.0 Å². The number of aromatic nitrogens is 2. The smallest absolute Gasteiger partial charge is 0.248 e. The zero-order valence-electron chi connectivity index (χ0n) is 12.0. The van der Waals surface area contributed by atoms with Crippen molar-refractivity contribution in [1.82, 2.24) is 14.1 Å². The van der Waals surface area contributed by atoms with Gasteiger partial charge >= 0.3 is 0 Å². The predicted octanol–water partition coefficient (Wildman–Crippen LogP) is 1.27. The van der Waals surface area contributed by atoms with E-state index in [1.807, 2.05) is 6.92 Å². The minimum Gasteiger partial charge on any atom is -0.326 e. The summed E-state index contributed by atoms with van der Waals surface area (Å²) in [5.74, 6) is 0. The summed E-state index contributed by atoms with van der Waals surface area (Å²) in [6.07, 6.45) is 2.63. The molecule has 2 rings (SSSR count). The molecule has 0 bridgehead atoms. The van der Waals surface area contributed by atoms with Crippen LogP contribution in [0.4, 0.5) is 0 Å². The summed E-state index contributed by atoms with van der Waals surface area (Å²) in [5.41, 5.74) is 6.38. The number of sulfonamides is 1. The van der Waals surface area contributed by atoms with Crippen LogP contribution >= 0.6 is 11.6 Å². The van der Waals surface area contributed by atoms with Crippen molar-refractivity contribution in [3.63, 3.8) is 0 Å². The minimum absolute atomic E-state index is 0.106. The summed E-state index contributed by atoms with van der Waals surface area (Å²) < 4.78 is 28.7. The molecule has 2 N–H and O–H groups in total. The highest BCUT2D eigenvalue weighted by molar-refractivity contribution is 7.89. The zero-order chi connectivity index (χ0) is 15.1. The standard InChI is InChI=1S/C12H21ClN4O2S/c1-8(14)10-6-4-5-7-17(10)20(18,19)11-9(2)15-16(3)12(11)13/h8,10H,4-7,14H2,1-3H3/t8-,10-/m1/s1. The van der Waals surface area contributed by atoms with E-state index in [4.69, 9.17) is 17.3 Å². The van der Waals surface area contributed by atoms with Crippen LogP contribution < -0.4 is 5.73 Å². The Morgan fingerprint density at radius 3 is 2.60 bits per heavy atom. The molecule has 20 heavy (non-hydrogen) atoms. The first-order valence-electron chi connectivity index (χ1n) is 6.73. The van der Waals surface area contributed by atoms with Gasteiger partial charge in [-0.15, -0.1) is 0 Å².